The van der Waals surface area contributed by atoms with Crippen LogP contribution in [0.3, 0.4) is 0 Å². The third-order valence-electron chi connectivity index (χ3n) is 8.82. The average molecular weight is 565 g/mol. The molecule has 0 aromatic carbocycles. The SMILES string of the molecule is CC(C)C(=O)NC1CC[N+](Cc2csc(C3CCCCC3)n2)(Cc2csc(C3CCCCC3)n2)CC1.[Cl-]. The van der Waals surface area contributed by atoms with Crippen LogP contribution in [-0.2, 0) is 17.9 Å². The van der Waals surface area contributed by atoms with Gasteiger partial charge in [-0.1, -0.05) is 52.4 Å². The highest BCUT2D eigenvalue weighted by molar-refractivity contribution is 7.10. The zero-order valence-electron chi connectivity index (χ0n) is 22.7. The Bertz CT molecular complexity index is 925. The smallest absolute Gasteiger partial charge is 0.222 e. The summed E-state index contributed by atoms with van der Waals surface area (Å²) in [6.45, 7) is 8.10. The number of quaternary nitrogens is 1. The second-order valence-electron chi connectivity index (χ2n) is 12.1. The monoisotopic (exact) mass is 564 g/mol. The summed E-state index contributed by atoms with van der Waals surface area (Å²) in [7, 11) is 0. The van der Waals surface area contributed by atoms with Crippen LogP contribution < -0.4 is 17.7 Å². The summed E-state index contributed by atoms with van der Waals surface area (Å²) in [5.41, 5.74) is 2.54. The van der Waals surface area contributed by atoms with Crippen LogP contribution in [0.1, 0.15) is 124 Å². The van der Waals surface area contributed by atoms with Crippen LogP contribution in [0, 0.1) is 5.92 Å². The van der Waals surface area contributed by atoms with Gasteiger partial charge in [0.05, 0.1) is 23.1 Å². The lowest BCUT2D eigenvalue weighted by Crippen LogP contribution is -3.00. The predicted molar refractivity (Wildman–Crippen MR) is 149 cm³/mol. The van der Waals surface area contributed by atoms with Gasteiger partial charge in [0.25, 0.3) is 0 Å². The molecule has 2 aromatic heterocycles. The van der Waals surface area contributed by atoms with Crippen LogP contribution >= 0.6 is 22.7 Å². The third-order valence-corrected chi connectivity index (χ3v) is 10.9. The highest BCUT2D eigenvalue weighted by atomic mass is 35.5. The molecule has 0 radical (unpaired) electrons. The predicted octanol–water partition coefficient (Wildman–Crippen LogP) is 4.15. The minimum atomic E-state index is 0. The summed E-state index contributed by atoms with van der Waals surface area (Å²) >= 11 is 3.79. The van der Waals surface area contributed by atoms with E-state index >= 15 is 0 Å². The molecule has 3 fully saturated rings. The number of hydrogen-bond acceptors (Lipinski definition) is 5. The van der Waals surface area contributed by atoms with E-state index in [1.54, 1.807) is 0 Å². The van der Waals surface area contributed by atoms with Gasteiger partial charge in [0.1, 0.15) is 24.5 Å². The average Bonchev–Trinajstić information content (AvgIpc) is 3.56. The Morgan fingerprint density at radius 2 is 1.30 bits per heavy atom. The number of thiazole rings is 2. The molecule has 0 atom stereocenters. The van der Waals surface area contributed by atoms with Gasteiger partial charge in [-0.2, -0.15) is 0 Å². The highest BCUT2D eigenvalue weighted by Gasteiger charge is 2.37. The van der Waals surface area contributed by atoms with Gasteiger partial charge < -0.3 is 22.2 Å². The van der Waals surface area contributed by atoms with Crippen molar-refractivity contribution in [3.05, 3.63) is 32.2 Å². The number of carbonyl (C=O) groups is 1. The number of likely N-dealkylation sites (tertiary alicyclic amines) is 1. The number of amides is 1. The molecule has 3 heterocycles. The lowest BCUT2D eigenvalue weighted by molar-refractivity contribution is -0.958. The minimum Gasteiger partial charge on any atom is -1.00 e. The number of nitrogens with zero attached hydrogens (tertiary/aromatic N) is 3. The Morgan fingerprint density at radius 3 is 1.73 bits per heavy atom. The van der Waals surface area contributed by atoms with E-state index in [-0.39, 0.29) is 24.2 Å². The van der Waals surface area contributed by atoms with Crippen molar-refractivity contribution in [1.29, 1.82) is 0 Å². The molecular weight excluding hydrogens is 520 g/mol. The first-order chi connectivity index (χ1) is 17.5. The van der Waals surface area contributed by atoms with Crippen LogP contribution in [0.25, 0.3) is 0 Å². The zero-order valence-corrected chi connectivity index (χ0v) is 25.1. The largest absolute Gasteiger partial charge is 1.00 e. The van der Waals surface area contributed by atoms with Crippen molar-refractivity contribution in [2.24, 2.45) is 5.92 Å². The second kappa shape index (κ2) is 13.4. The fourth-order valence-electron chi connectivity index (χ4n) is 6.55. The first-order valence-electron chi connectivity index (χ1n) is 14.5. The lowest BCUT2D eigenvalue weighted by Gasteiger charge is -2.43. The number of carbonyl (C=O) groups excluding carboxylic acids is 1. The Balaban J connectivity index is 0.00000320. The molecule has 206 valence electrons. The van der Waals surface area contributed by atoms with Crippen LogP contribution in [0.2, 0.25) is 0 Å². The van der Waals surface area contributed by atoms with Crippen molar-refractivity contribution >= 4 is 28.6 Å². The minimum absolute atomic E-state index is 0. The Morgan fingerprint density at radius 1 is 0.838 bits per heavy atom. The standard InChI is InChI=1S/C29H44N4OS2.ClH/c1-21(2)27(34)30-24-13-15-33(16-14-24,17-25-19-35-28(31-25)22-9-5-3-6-10-22)18-26-20-36-29(32-26)23-11-7-4-8-12-23;/h19-24H,3-18H2,1-2H3;1H. The molecule has 1 amide bonds. The molecule has 0 bridgehead atoms. The maximum Gasteiger partial charge on any atom is 0.222 e. The third kappa shape index (κ3) is 7.55. The normalized spacial score (nSPS) is 21.6. The van der Waals surface area contributed by atoms with Gasteiger partial charge in [-0.25, -0.2) is 9.97 Å². The second-order valence-corrected chi connectivity index (χ2v) is 13.8. The van der Waals surface area contributed by atoms with E-state index in [0.29, 0.717) is 17.9 Å². The summed E-state index contributed by atoms with van der Waals surface area (Å²) in [5.74, 6) is 1.60. The van der Waals surface area contributed by atoms with Crippen LogP contribution in [0.5, 0.6) is 0 Å². The Hall–Kier alpha value is -1.02. The molecule has 8 heteroatoms. The van der Waals surface area contributed by atoms with E-state index in [9.17, 15) is 4.79 Å². The van der Waals surface area contributed by atoms with E-state index in [1.165, 1.54) is 85.6 Å². The van der Waals surface area contributed by atoms with Crippen molar-refractivity contribution in [2.45, 2.75) is 122 Å². The van der Waals surface area contributed by atoms with Crippen molar-refractivity contribution in [3.8, 4) is 0 Å². The van der Waals surface area contributed by atoms with Gasteiger partial charge in [0.2, 0.25) is 5.91 Å². The number of aromatic nitrogens is 2. The van der Waals surface area contributed by atoms with Gasteiger partial charge in [-0.3, -0.25) is 4.79 Å². The molecular formula is C29H45ClN4OS2. The summed E-state index contributed by atoms with van der Waals surface area (Å²) in [4.78, 5) is 22.7. The molecule has 5 rings (SSSR count). The summed E-state index contributed by atoms with van der Waals surface area (Å²) in [6, 6.07) is 0.299. The van der Waals surface area contributed by atoms with Crippen molar-refractivity contribution < 1.29 is 21.7 Å². The van der Waals surface area contributed by atoms with Crippen LogP contribution in [0.4, 0.5) is 0 Å². The van der Waals surface area contributed by atoms with Gasteiger partial charge in [0, 0.05) is 47.4 Å². The maximum atomic E-state index is 12.3. The van der Waals surface area contributed by atoms with E-state index in [4.69, 9.17) is 9.97 Å². The molecule has 37 heavy (non-hydrogen) atoms. The highest BCUT2D eigenvalue weighted by Crippen LogP contribution is 2.37. The molecule has 1 N–H and O–H groups in total. The first-order valence-corrected chi connectivity index (χ1v) is 16.3. The molecule has 3 aliphatic rings. The van der Waals surface area contributed by atoms with E-state index < -0.39 is 0 Å². The summed E-state index contributed by atoms with van der Waals surface area (Å²) in [6.07, 6.45) is 15.5. The molecule has 1 aliphatic heterocycles. The van der Waals surface area contributed by atoms with E-state index in [2.05, 4.69) is 16.1 Å². The van der Waals surface area contributed by atoms with Crippen molar-refractivity contribution in [3.63, 3.8) is 0 Å². The number of rotatable bonds is 8. The number of halogens is 1. The van der Waals surface area contributed by atoms with Gasteiger partial charge >= 0.3 is 0 Å². The number of nitrogens with one attached hydrogen (secondary N) is 1. The molecule has 2 aromatic rings. The lowest BCUT2D eigenvalue weighted by atomic mass is 9.90. The van der Waals surface area contributed by atoms with Crippen LogP contribution in [0.15, 0.2) is 10.8 Å². The van der Waals surface area contributed by atoms with Crippen molar-refractivity contribution in [1.82, 2.24) is 15.3 Å². The summed E-state index contributed by atoms with van der Waals surface area (Å²) in [5, 5.41) is 10.7. The fraction of sp³-hybridized carbons (Fsp3) is 0.759. The molecule has 5 nitrogen and oxygen atoms in total. The molecule has 1 saturated heterocycles. The Labute approximate surface area is 237 Å². The Kier molecular flexibility index (Phi) is 10.5. The molecule has 0 spiro atoms. The quantitative estimate of drug-likeness (QED) is 0.490. The van der Waals surface area contributed by atoms with Crippen molar-refractivity contribution in [2.75, 3.05) is 13.1 Å². The van der Waals surface area contributed by atoms with Gasteiger partial charge in [-0.05, 0) is 25.7 Å². The zero-order chi connectivity index (χ0) is 25.0. The number of hydrogen-bond donors (Lipinski definition) is 1. The molecule has 2 aliphatic carbocycles. The van der Waals surface area contributed by atoms with Gasteiger partial charge in [0.15, 0.2) is 0 Å². The van der Waals surface area contributed by atoms with Gasteiger partial charge in [-0.15, -0.1) is 22.7 Å². The van der Waals surface area contributed by atoms with E-state index in [1.807, 2.05) is 36.5 Å². The van der Waals surface area contributed by atoms with Crippen LogP contribution in [-0.4, -0.2) is 39.5 Å². The molecule has 0 unspecified atom stereocenters. The topological polar surface area (TPSA) is 54.9 Å². The fourth-order valence-corrected chi connectivity index (χ4v) is 8.52. The summed E-state index contributed by atoms with van der Waals surface area (Å²) < 4.78 is 1.02. The first kappa shape index (κ1) is 29.0. The molecule has 2 saturated carbocycles. The van der Waals surface area contributed by atoms with E-state index in [0.717, 1.165) is 43.5 Å². The maximum absolute atomic E-state index is 12.3. The number of piperidine rings is 1.